The summed E-state index contributed by atoms with van der Waals surface area (Å²) in [5, 5.41) is 12.7. The highest BCUT2D eigenvalue weighted by Gasteiger charge is 2.06. The van der Waals surface area contributed by atoms with E-state index in [1.165, 1.54) is 6.33 Å². The van der Waals surface area contributed by atoms with Crippen molar-refractivity contribution in [2.75, 3.05) is 0 Å². The summed E-state index contributed by atoms with van der Waals surface area (Å²) in [6, 6.07) is 7.79. The highest BCUT2D eigenvalue weighted by molar-refractivity contribution is 5.42. The minimum atomic E-state index is 0.156. The number of nitriles is 1. The average Bonchev–Trinajstić information content (AvgIpc) is 2.77. The van der Waals surface area contributed by atoms with E-state index in [9.17, 15) is 0 Å². The summed E-state index contributed by atoms with van der Waals surface area (Å²) in [6.07, 6.45) is 1.52. The molecule has 0 amide bonds. The average molecular weight is 213 g/mol. The van der Waals surface area contributed by atoms with Crippen LogP contribution in [-0.4, -0.2) is 14.8 Å². The molecule has 2 aromatic rings. The predicted molar refractivity (Wildman–Crippen MR) is 58.7 cm³/mol. The molecular weight excluding hydrogens is 202 g/mol. The first kappa shape index (κ1) is 10.3. The van der Waals surface area contributed by atoms with Crippen LogP contribution in [0.1, 0.15) is 17.0 Å². The van der Waals surface area contributed by atoms with Crippen LogP contribution in [0.25, 0.3) is 5.69 Å². The quantitative estimate of drug-likeness (QED) is 0.803. The summed E-state index contributed by atoms with van der Waals surface area (Å²) in [4.78, 5) is 3.86. The minimum absolute atomic E-state index is 0.156. The standard InChI is InChI=1S/C11H11N5/c1-8-2-3-10(9(4-8)5-12)16-7-14-11(6-13)15-16/h2-4,7H,5,12H2,1H3. The molecule has 1 heterocycles. The van der Waals surface area contributed by atoms with Gasteiger partial charge < -0.3 is 5.73 Å². The summed E-state index contributed by atoms with van der Waals surface area (Å²) < 4.78 is 1.57. The molecule has 0 aliphatic rings. The summed E-state index contributed by atoms with van der Waals surface area (Å²) in [5.41, 5.74) is 8.66. The van der Waals surface area contributed by atoms with Crippen molar-refractivity contribution in [2.24, 2.45) is 5.73 Å². The Hall–Kier alpha value is -2.19. The number of nitrogens with two attached hydrogens (primary N) is 1. The van der Waals surface area contributed by atoms with Crippen LogP contribution in [-0.2, 0) is 6.54 Å². The Kier molecular flexibility index (Phi) is 2.66. The van der Waals surface area contributed by atoms with E-state index in [2.05, 4.69) is 10.1 Å². The molecule has 0 fully saturated rings. The number of hydrogen-bond donors (Lipinski definition) is 1. The minimum Gasteiger partial charge on any atom is -0.326 e. The molecule has 5 heteroatoms. The van der Waals surface area contributed by atoms with Gasteiger partial charge in [-0.15, -0.1) is 5.10 Å². The van der Waals surface area contributed by atoms with Gasteiger partial charge in [0.25, 0.3) is 5.82 Å². The van der Waals surface area contributed by atoms with Crippen molar-refractivity contribution in [3.63, 3.8) is 0 Å². The zero-order chi connectivity index (χ0) is 11.5. The maximum absolute atomic E-state index is 8.66. The van der Waals surface area contributed by atoms with Crippen LogP contribution in [0.4, 0.5) is 0 Å². The SMILES string of the molecule is Cc1ccc(-n2cnc(C#N)n2)c(CN)c1. The van der Waals surface area contributed by atoms with Gasteiger partial charge in [-0.3, -0.25) is 0 Å². The molecule has 0 saturated heterocycles. The number of aromatic nitrogens is 3. The van der Waals surface area contributed by atoms with E-state index in [0.29, 0.717) is 6.54 Å². The van der Waals surface area contributed by atoms with Gasteiger partial charge in [0.15, 0.2) is 0 Å². The highest BCUT2D eigenvalue weighted by Crippen LogP contribution is 2.15. The molecule has 0 saturated carbocycles. The topological polar surface area (TPSA) is 80.5 Å². The lowest BCUT2D eigenvalue weighted by molar-refractivity contribution is 0.851. The molecule has 0 radical (unpaired) electrons. The molecule has 0 aliphatic carbocycles. The lowest BCUT2D eigenvalue weighted by atomic mass is 10.1. The molecule has 2 N–H and O–H groups in total. The van der Waals surface area contributed by atoms with Crippen molar-refractivity contribution in [2.45, 2.75) is 13.5 Å². The van der Waals surface area contributed by atoms with Crippen LogP contribution >= 0.6 is 0 Å². The van der Waals surface area contributed by atoms with Gasteiger partial charge in [-0.2, -0.15) is 5.26 Å². The third-order valence-corrected chi connectivity index (χ3v) is 2.29. The van der Waals surface area contributed by atoms with Crippen LogP contribution in [0, 0.1) is 18.3 Å². The Morgan fingerprint density at radius 3 is 2.94 bits per heavy atom. The Balaban J connectivity index is 2.51. The molecule has 1 aromatic heterocycles. The number of rotatable bonds is 2. The number of hydrogen-bond acceptors (Lipinski definition) is 4. The Bertz CT molecular complexity index is 550. The fraction of sp³-hybridized carbons (Fsp3) is 0.182. The molecule has 80 valence electrons. The van der Waals surface area contributed by atoms with Gasteiger partial charge in [0, 0.05) is 6.54 Å². The molecule has 0 bridgehead atoms. The lowest BCUT2D eigenvalue weighted by Gasteiger charge is -2.07. The smallest absolute Gasteiger partial charge is 0.252 e. The van der Waals surface area contributed by atoms with Crippen LogP contribution in [0.5, 0.6) is 0 Å². The molecule has 5 nitrogen and oxygen atoms in total. The first-order chi connectivity index (χ1) is 7.74. The van der Waals surface area contributed by atoms with Crippen molar-refractivity contribution in [1.82, 2.24) is 14.8 Å². The van der Waals surface area contributed by atoms with Gasteiger partial charge in [0.1, 0.15) is 12.4 Å². The van der Waals surface area contributed by atoms with E-state index in [1.807, 2.05) is 31.2 Å². The van der Waals surface area contributed by atoms with E-state index >= 15 is 0 Å². The zero-order valence-corrected chi connectivity index (χ0v) is 8.88. The normalized spacial score (nSPS) is 10.1. The molecule has 0 unspecified atom stereocenters. The van der Waals surface area contributed by atoms with Gasteiger partial charge in [0.2, 0.25) is 0 Å². The van der Waals surface area contributed by atoms with Crippen molar-refractivity contribution >= 4 is 0 Å². The van der Waals surface area contributed by atoms with E-state index in [4.69, 9.17) is 11.0 Å². The number of benzene rings is 1. The van der Waals surface area contributed by atoms with Gasteiger partial charge in [-0.25, -0.2) is 9.67 Å². The molecular formula is C11H11N5. The Labute approximate surface area is 93.1 Å². The maximum Gasteiger partial charge on any atom is 0.252 e. The van der Waals surface area contributed by atoms with Crippen LogP contribution in [0.15, 0.2) is 24.5 Å². The van der Waals surface area contributed by atoms with Crippen molar-refractivity contribution < 1.29 is 0 Å². The van der Waals surface area contributed by atoms with Gasteiger partial charge in [-0.05, 0) is 18.6 Å². The molecule has 1 aromatic carbocycles. The fourth-order valence-electron chi connectivity index (χ4n) is 1.53. The molecule has 16 heavy (non-hydrogen) atoms. The maximum atomic E-state index is 8.66. The summed E-state index contributed by atoms with van der Waals surface area (Å²) in [5.74, 6) is 0.156. The monoisotopic (exact) mass is 213 g/mol. The van der Waals surface area contributed by atoms with E-state index in [-0.39, 0.29) is 5.82 Å². The summed E-state index contributed by atoms with van der Waals surface area (Å²) in [7, 11) is 0. The van der Waals surface area contributed by atoms with Crippen LogP contribution in [0.2, 0.25) is 0 Å². The molecule has 0 spiro atoms. The Morgan fingerprint density at radius 1 is 1.50 bits per heavy atom. The second-order valence-corrected chi connectivity index (χ2v) is 3.46. The predicted octanol–water partition coefficient (Wildman–Crippen LogP) is 0.906. The van der Waals surface area contributed by atoms with Gasteiger partial charge in [0.05, 0.1) is 5.69 Å². The largest absolute Gasteiger partial charge is 0.326 e. The van der Waals surface area contributed by atoms with E-state index in [0.717, 1.165) is 16.8 Å². The number of aryl methyl sites for hydroxylation is 1. The van der Waals surface area contributed by atoms with Crippen LogP contribution < -0.4 is 5.73 Å². The van der Waals surface area contributed by atoms with E-state index < -0.39 is 0 Å². The fourth-order valence-corrected chi connectivity index (χ4v) is 1.53. The van der Waals surface area contributed by atoms with Crippen molar-refractivity contribution in [3.05, 3.63) is 41.5 Å². The van der Waals surface area contributed by atoms with Crippen LogP contribution in [0.3, 0.4) is 0 Å². The zero-order valence-electron chi connectivity index (χ0n) is 8.88. The highest BCUT2D eigenvalue weighted by atomic mass is 15.3. The Morgan fingerprint density at radius 2 is 2.31 bits per heavy atom. The molecule has 0 aliphatic heterocycles. The molecule has 0 atom stereocenters. The van der Waals surface area contributed by atoms with Gasteiger partial charge in [-0.1, -0.05) is 17.7 Å². The first-order valence-corrected chi connectivity index (χ1v) is 4.86. The second-order valence-electron chi connectivity index (χ2n) is 3.46. The second kappa shape index (κ2) is 4.13. The molecule has 2 rings (SSSR count). The first-order valence-electron chi connectivity index (χ1n) is 4.86. The lowest BCUT2D eigenvalue weighted by Crippen LogP contribution is -2.05. The van der Waals surface area contributed by atoms with E-state index in [1.54, 1.807) is 4.68 Å². The summed E-state index contributed by atoms with van der Waals surface area (Å²) in [6.45, 7) is 2.43. The van der Waals surface area contributed by atoms with Crippen molar-refractivity contribution in [1.29, 1.82) is 5.26 Å². The van der Waals surface area contributed by atoms with Gasteiger partial charge >= 0.3 is 0 Å². The third kappa shape index (κ3) is 1.78. The number of nitrogens with zero attached hydrogens (tertiary/aromatic N) is 4. The third-order valence-electron chi connectivity index (χ3n) is 2.29. The van der Waals surface area contributed by atoms with Crippen molar-refractivity contribution in [3.8, 4) is 11.8 Å². The summed E-state index contributed by atoms with van der Waals surface area (Å²) >= 11 is 0.